The monoisotopic (exact) mass is 378 g/mol. The van der Waals surface area contributed by atoms with Crippen molar-refractivity contribution in [1.82, 2.24) is 9.88 Å². The number of hydrogen-bond acceptors (Lipinski definition) is 4. The van der Waals surface area contributed by atoms with Crippen molar-refractivity contribution in [3.8, 4) is 0 Å². The van der Waals surface area contributed by atoms with Crippen molar-refractivity contribution in [2.45, 2.75) is 13.0 Å². The Hall–Kier alpha value is -1.99. The van der Waals surface area contributed by atoms with Crippen LogP contribution in [0.5, 0.6) is 0 Å². The number of carboxylic acids is 1. The van der Waals surface area contributed by atoms with Crippen LogP contribution in [0, 0.1) is 6.92 Å². The highest BCUT2D eigenvalue weighted by atomic mass is 79.9. The normalized spacial score (nSPS) is 18.2. The van der Waals surface area contributed by atoms with Gasteiger partial charge in [-0.25, -0.2) is 4.79 Å². The average Bonchev–Trinajstić information content (AvgIpc) is 2.54. The van der Waals surface area contributed by atoms with E-state index >= 15 is 0 Å². The maximum atomic E-state index is 12.9. The zero-order valence-electron chi connectivity index (χ0n) is 12.5. The Morgan fingerprint density at radius 2 is 2.17 bits per heavy atom. The number of aromatic nitrogens is 1. The molecule has 0 unspecified atom stereocenters. The zero-order chi connectivity index (χ0) is 16.6. The Bertz CT molecular complexity index is 793. The summed E-state index contributed by atoms with van der Waals surface area (Å²) in [6.07, 6.45) is -0.978. The molecule has 1 aromatic heterocycles. The van der Waals surface area contributed by atoms with Gasteiger partial charge in [0.1, 0.15) is 0 Å². The summed E-state index contributed by atoms with van der Waals surface area (Å²) in [5.41, 5.74) is 2.01. The number of pyridine rings is 1. The molecule has 7 heteroatoms. The van der Waals surface area contributed by atoms with Crippen molar-refractivity contribution in [2.24, 2.45) is 0 Å². The molecule has 0 aliphatic carbocycles. The van der Waals surface area contributed by atoms with Gasteiger partial charge in [0, 0.05) is 22.1 Å². The largest absolute Gasteiger partial charge is 0.479 e. The lowest BCUT2D eigenvalue weighted by molar-refractivity contribution is -0.154. The molecule has 0 radical (unpaired) electrons. The van der Waals surface area contributed by atoms with Gasteiger partial charge in [0.2, 0.25) is 0 Å². The van der Waals surface area contributed by atoms with E-state index in [2.05, 4.69) is 20.9 Å². The van der Waals surface area contributed by atoms with Gasteiger partial charge in [0.15, 0.2) is 6.10 Å². The van der Waals surface area contributed by atoms with Crippen LogP contribution in [-0.4, -0.2) is 52.7 Å². The van der Waals surface area contributed by atoms with E-state index in [1.165, 1.54) is 4.90 Å². The Morgan fingerprint density at radius 3 is 2.91 bits per heavy atom. The van der Waals surface area contributed by atoms with Gasteiger partial charge < -0.3 is 14.7 Å². The molecule has 2 aromatic rings. The summed E-state index contributed by atoms with van der Waals surface area (Å²) in [7, 11) is 0. The molecule has 0 spiro atoms. The number of benzene rings is 1. The number of hydrogen-bond donors (Lipinski definition) is 1. The Labute approximate surface area is 141 Å². The summed E-state index contributed by atoms with van der Waals surface area (Å²) in [4.78, 5) is 29.9. The van der Waals surface area contributed by atoms with E-state index in [1.807, 2.05) is 25.1 Å². The Morgan fingerprint density at radius 1 is 1.39 bits per heavy atom. The first kappa shape index (κ1) is 15.9. The van der Waals surface area contributed by atoms with Crippen molar-refractivity contribution < 1.29 is 19.4 Å². The molecule has 23 heavy (non-hydrogen) atoms. The number of carboxylic acid groups (broad SMARTS) is 1. The van der Waals surface area contributed by atoms with Crippen LogP contribution in [0.1, 0.15) is 16.1 Å². The predicted molar refractivity (Wildman–Crippen MR) is 87.5 cm³/mol. The molecule has 1 atom stereocenters. The summed E-state index contributed by atoms with van der Waals surface area (Å²) in [5.74, 6) is -1.26. The second kappa shape index (κ2) is 6.25. The highest BCUT2D eigenvalue weighted by molar-refractivity contribution is 9.10. The van der Waals surface area contributed by atoms with Crippen LogP contribution in [0.3, 0.4) is 0 Å². The lowest BCUT2D eigenvalue weighted by Crippen LogP contribution is -2.48. The van der Waals surface area contributed by atoms with Gasteiger partial charge in [-0.05, 0) is 31.2 Å². The number of aliphatic carboxylic acids is 1. The number of rotatable bonds is 2. The first-order valence-corrected chi connectivity index (χ1v) is 7.95. The molecule has 1 N–H and O–H groups in total. The van der Waals surface area contributed by atoms with E-state index in [4.69, 9.17) is 9.84 Å². The maximum Gasteiger partial charge on any atom is 0.334 e. The number of amides is 1. The Kier molecular flexibility index (Phi) is 4.32. The average molecular weight is 379 g/mol. The van der Waals surface area contributed by atoms with E-state index in [1.54, 1.807) is 6.07 Å². The second-order valence-corrected chi connectivity index (χ2v) is 6.34. The first-order chi connectivity index (χ1) is 11.0. The number of aryl methyl sites for hydroxylation is 1. The van der Waals surface area contributed by atoms with Gasteiger partial charge in [0.25, 0.3) is 5.91 Å². The second-order valence-electron chi connectivity index (χ2n) is 5.42. The van der Waals surface area contributed by atoms with Crippen LogP contribution >= 0.6 is 15.9 Å². The fraction of sp³-hybridized carbons (Fsp3) is 0.312. The molecule has 1 aromatic carbocycles. The molecule has 1 fully saturated rings. The molecule has 0 saturated carbocycles. The number of carbonyl (C=O) groups excluding carboxylic acids is 1. The summed E-state index contributed by atoms with van der Waals surface area (Å²) in [6, 6.07) is 7.31. The standard InChI is InChI=1S/C16H15BrN2O4/c1-9-6-12(11-7-10(17)2-3-13(11)18-9)15(20)19-4-5-23-14(8-19)16(21)22/h2-3,6-7,14H,4-5,8H2,1H3,(H,21,22)/t14-/m1/s1. The van der Waals surface area contributed by atoms with E-state index in [9.17, 15) is 9.59 Å². The molecule has 0 bridgehead atoms. The molecular formula is C16H15BrN2O4. The summed E-state index contributed by atoms with van der Waals surface area (Å²) in [5, 5.41) is 9.83. The number of halogens is 1. The van der Waals surface area contributed by atoms with Crippen molar-refractivity contribution >= 4 is 38.7 Å². The quantitative estimate of drug-likeness (QED) is 0.866. The number of nitrogens with zero attached hydrogens (tertiary/aromatic N) is 2. The molecule has 120 valence electrons. The van der Waals surface area contributed by atoms with Crippen LogP contribution in [0.2, 0.25) is 0 Å². The third kappa shape index (κ3) is 3.20. The molecular weight excluding hydrogens is 364 g/mol. The summed E-state index contributed by atoms with van der Waals surface area (Å²) >= 11 is 3.41. The SMILES string of the molecule is Cc1cc(C(=O)N2CCO[C@@H](C(=O)O)C2)c2cc(Br)ccc2n1. The van der Waals surface area contributed by atoms with Crippen molar-refractivity contribution in [1.29, 1.82) is 0 Å². The predicted octanol–water partition coefficient (Wildman–Crippen LogP) is 2.23. The fourth-order valence-corrected chi connectivity index (χ4v) is 3.02. The van der Waals surface area contributed by atoms with Gasteiger partial charge in [0.05, 0.1) is 24.2 Å². The lowest BCUT2D eigenvalue weighted by Gasteiger charge is -2.31. The van der Waals surface area contributed by atoms with Gasteiger partial charge in [-0.1, -0.05) is 15.9 Å². The van der Waals surface area contributed by atoms with Crippen LogP contribution in [0.25, 0.3) is 10.9 Å². The smallest absolute Gasteiger partial charge is 0.334 e. The minimum Gasteiger partial charge on any atom is -0.479 e. The van der Waals surface area contributed by atoms with Gasteiger partial charge in [-0.15, -0.1) is 0 Å². The summed E-state index contributed by atoms with van der Waals surface area (Å²) in [6.45, 7) is 2.47. The fourth-order valence-electron chi connectivity index (χ4n) is 2.66. The van der Waals surface area contributed by atoms with E-state index in [-0.39, 0.29) is 19.1 Å². The summed E-state index contributed by atoms with van der Waals surface area (Å²) < 4.78 is 6.03. The number of carbonyl (C=O) groups is 2. The molecule has 1 aliphatic heterocycles. The van der Waals surface area contributed by atoms with Crippen LogP contribution in [0.4, 0.5) is 0 Å². The highest BCUT2D eigenvalue weighted by Gasteiger charge is 2.30. The first-order valence-electron chi connectivity index (χ1n) is 7.16. The van der Waals surface area contributed by atoms with E-state index in [0.717, 1.165) is 21.1 Å². The number of ether oxygens (including phenoxy) is 1. The molecule has 2 heterocycles. The maximum absolute atomic E-state index is 12.9. The molecule has 3 rings (SSSR count). The van der Waals surface area contributed by atoms with Crippen molar-refractivity contribution in [2.75, 3.05) is 19.7 Å². The number of fused-ring (bicyclic) bond motifs is 1. The van der Waals surface area contributed by atoms with E-state index in [0.29, 0.717) is 12.1 Å². The van der Waals surface area contributed by atoms with Crippen molar-refractivity contribution in [3.05, 3.63) is 40.0 Å². The zero-order valence-corrected chi connectivity index (χ0v) is 14.0. The topological polar surface area (TPSA) is 79.7 Å². The number of morpholine rings is 1. The van der Waals surface area contributed by atoms with Crippen molar-refractivity contribution in [3.63, 3.8) is 0 Å². The minimum absolute atomic E-state index is 0.0467. The van der Waals surface area contributed by atoms with Gasteiger partial charge in [-0.2, -0.15) is 0 Å². The lowest BCUT2D eigenvalue weighted by atomic mass is 10.1. The van der Waals surface area contributed by atoms with Crippen LogP contribution in [0.15, 0.2) is 28.7 Å². The Balaban J connectivity index is 2.00. The molecule has 6 nitrogen and oxygen atoms in total. The molecule has 1 saturated heterocycles. The third-order valence-corrected chi connectivity index (χ3v) is 4.25. The van der Waals surface area contributed by atoms with Crippen LogP contribution in [-0.2, 0) is 9.53 Å². The van der Waals surface area contributed by atoms with Gasteiger partial charge >= 0.3 is 5.97 Å². The van der Waals surface area contributed by atoms with Crippen LogP contribution < -0.4 is 0 Å². The third-order valence-electron chi connectivity index (χ3n) is 3.76. The minimum atomic E-state index is -1.05. The molecule has 1 aliphatic rings. The molecule has 1 amide bonds. The van der Waals surface area contributed by atoms with Gasteiger partial charge in [-0.3, -0.25) is 9.78 Å². The van der Waals surface area contributed by atoms with E-state index < -0.39 is 12.1 Å². The highest BCUT2D eigenvalue weighted by Crippen LogP contribution is 2.24.